The summed E-state index contributed by atoms with van der Waals surface area (Å²) < 4.78 is 0. The maximum Gasteiger partial charge on any atom is -0.0106 e. The molecule has 0 aliphatic carbocycles. The lowest BCUT2D eigenvalue weighted by Crippen LogP contribution is -2.18. The summed E-state index contributed by atoms with van der Waals surface area (Å²) in [5, 5.41) is 0. The fraction of sp³-hybridized carbons (Fsp3) is 0.613. The summed E-state index contributed by atoms with van der Waals surface area (Å²) in [6.45, 7) is 30.7. The predicted octanol–water partition coefficient (Wildman–Crippen LogP) is 10.2. The van der Waals surface area contributed by atoms with E-state index >= 15 is 0 Å². The summed E-state index contributed by atoms with van der Waals surface area (Å²) in [5.41, 5.74) is 11.2. The third kappa shape index (κ3) is 13.7. The van der Waals surface area contributed by atoms with Gasteiger partial charge in [0, 0.05) is 0 Å². The average Bonchev–Trinajstić information content (AvgIpc) is 2.81. The third-order valence-corrected chi connectivity index (χ3v) is 5.50. The second kappa shape index (κ2) is 22.6. The summed E-state index contributed by atoms with van der Waals surface area (Å²) in [7, 11) is 0. The molecule has 32 heavy (non-hydrogen) atoms. The van der Waals surface area contributed by atoms with Crippen molar-refractivity contribution in [3.63, 3.8) is 0 Å². The minimum atomic E-state index is 0.657. The molecular weight excluding hydrogens is 386 g/mol. The molecule has 2 N–H and O–H groups in total. The molecule has 186 valence electrons. The maximum atomic E-state index is 4.85. The molecule has 2 atom stereocenters. The van der Waals surface area contributed by atoms with E-state index in [1.54, 1.807) is 0 Å². The molecule has 0 fully saturated rings. The molecule has 0 saturated carbocycles. The van der Waals surface area contributed by atoms with Crippen molar-refractivity contribution in [2.24, 2.45) is 17.6 Å². The summed E-state index contributed by atoms with van der Waals surface area (Å²) in [5.74, 6) is 2.15. The molecule has 0 aromatic heterocycles. The van der Waals surface area contributed by atoms with Crippen molar-refractivity contribution in [2.75, 3.05) is 6.54 Å². The maximum absolute atomic E-state index is 4.85. The highest BCUT2D eigenvalue weighted by Gasteiger charge is 2.23. The fourth-order valence-corrected chi connectivity index (χ4v) is 3.79. The smallest absolute Gasteiger partial charge is 0.0106 e. The van der Waals surface area contributed by atoms with Crippen LogP contribution in [0.4, 0.5) is 0 Å². The SMILES string of the molecule is C=C(/C(C)=C\C(C)=C/C)c1ccc(C(CC)C(CCC)C(C)C)cc1.CC.CC.CCN. The van der Waals surface area contributed by atoms with Gasteiger partial charge in [-0.1, -0.05) is 117 Å². The van der Waals surface area contributed by atoms with Crippen molar-refractivity contribution in [1.29, 1.82) is 0 Å². The largest absolute Gasteiger partial charge is 0.331 e. The molecule has 0 aliphatic heterocycles. The van der Waals surface area contributed by atoms with Crippen LogP contribution in [0.3, 0.4) is 0 Å². The summed E-state index contributed by atoms with van der Waals surface area (Å²) >= 11 is 0. The predicted molar refractivity (Wildman–Crippen MR) is 152 cm³/mol. The molecule has 2 unspecified atom stereocenters. The van der Waals surface area contributed by atoms with Gasteiger partial charge in [-0.05, 0) is 80.2 Å². The minimum absolute atomic E-state index is 0.657. The molecule has 0 spiro atoms. The van der Waals surface area contributed by atoms with Crippen molar-refractivity contribution in [3.05, 3.63) is 65.3 Å². The Kier molecular flexibility index (Phi) is 24.7. The zero-order chi connectivity index (χ0) is 25.7. The van der Waals surface area contributed by atoms with Crippen LogP contribution in [-0.4, -0.2) is 6.54 Å². The second-order valence-corrected chi connectivity index (χ2v) is 8.08. The van der Waals surface area contributed by atoms with Crippen molar-refractivity contribution in [2.45, 2.75) is 108 Å². The lowest BCUT2D eigenvalue weighted by molar-refractivity contribution is 0.289. The van der Waals surface area contributed by atoms with E-state index in [4.69, 9.17) is 5.73 Å². The number of hydrogen-bond donors (Lipinski definition) is 1. The van der Waals surface area contributed by atoms with Gasteiger partial charge in [0.25, 0.3) is 0 Å². The molecule has 0 amide bonds. The van der Waals surface area contributed by atoms with Gasteiger partial charge in [0.2, 0.25) is 0 Å². The highest BCUT2D eigenvalue weighted by molar-refractivity contribution is 5.77. The first-order valence-electron chi connectivity index (χ1n) is 13.1. The molecule has 0 saturated heterocycles. The van der Waals surface area contributed by atoms with Gasteiger partial charge in [0.15, 0.2) is 0 Å². The van der Waals surface area contributed by atoms with E-state index in [1.807, 2.05) is 34.6 Å². The molecule has 1 aromatic rings. The highest BCUT2D eigenvalue weighted by Crippen LogP contribution is 2.36. The van der Waals surface area contributed by atoms with Crippen molar-refractivity contribution in [3.8, 4) is 0 Å². The van der Waals surface area contributed by atoms with Gasteiger partial charge in [0.05, 0.1) is 0 Å². The van der Waals surface area contributed by atoms with Gasteiger partial charge in [-0.2, -0.15) is 0 Å². The van der Waals surface area contributed by atoms with E-state index < -0.39 is 0 Å². The standard InChI is InChI=1S/C25H38.C2H7N.2C2H6/c1-9-12-25(18(4)5)24(11-3)23-15-13-22(14-16-23)21(8)20(7)17-19(6)10-2;1-2-3;2*1-2/h10,13-18,24-25H,8-9,11-12H2,1-7H3;2-3H2,1H3;2*1-2H3/b19-10-,20-17-;;;. The molecule has 0 bridgehead atoms. The molecule has 0 heterocycles. The molecule has 0 aliphatic rings. The zero-order valence-electron chi connectivity index (χ0n) is 23.8. The van der Waals surface area contributed by atoms with Crippen LogP contribution >= 0.6 is 0 Å². The number of rotatable bonds is 9. The highest BCUT2D eigenvalue weighted by atomic mass is 14.5. The van der Waals surface area contributed by atoms with Crippen LogP contribution in [0.25, 0.3) is 5.57 Å². The summed E-state index contributed by atoms with van der Waals surface area (Å²) in [4.78, 5) is 0. The Morgan fingerprint density at radius 3 is 1.78 bits per heavy atom. The number of allylic oxidation sites excluding steroid dienone is 5. The fourth-order valence-electron chi connectivity index (χ4n) is 3.79. The molecule has 1 nitrogen and oxygen atoms in total. The number of nitrogens with two attached hydrogens (primary N) is 1. The molecular formula is C31H57N. The van der Waals surface area contributed by atoms with Crippen LogP contribution in [-0.2, 0) is 0 Å². The van der Waals surface area contributed by atoms with Crippen LogP contribution in [0.1, 0.15) is 119 Å². The Labute approximate surface area is 203 Å². The van der Waals surface area contributed by atoms with Gasteiger partial charge >= 0.3 is 0 Å². The first kappa shape index (κ1) is 35.0. The number of hydrogen-bond acceptors (Lipinski definition) is 1. The Hall–Kier alpha value is -1.60. The lowest BCUT2D eigenvalue weighted by Gasteiger charge is -2.30. The van der Waals surface area contributed by atoms with Gasteiger partial charge < -0.3 is 5.73 Å². The van der Waals surface area contributed by atoms with Gasteiger partial charge in [-0.3, -0.25) is 0 Å². The van der Waals surface area contributed by atoms with Gasteiger partial charge in [-0.25, -0.2) is 0 Å². The normalized spacial score (nSPS) is 12.9. The molecule has 1 aromatic carbocycles. The van der Waals surface area contributed by atoms with Crippen LogP contribution < -0.4 is 5.73 Å². The van der Waals surface area contributed by atoms with E-state index in [2.05, 4.69) is 91.5 Å². The summed E-state index contributed by atoms with van der Waals surface area (Å²) in [6.07, 6.45) is 8.13. The zero-order valence-corrected chi connectivity index (χ0v) is 23.8. The summed E-state index contributed by atoms with van der Waals surface area (Å²) in [6, 6.07) is 9.17. The molecule has 1 rings (SSSR count). The Morgan fingerprint density at radius 1 is 0.969 bits per heavy atom. The van der Waals surface area contributed by atoms with E-state index in [0.29, 0.717) is 5.92 Å². The van der Waals surface area contributed by atoms with Crippen LogP contribution in [0.2, 0.25) is 0 Å². The Balaban J connectivity index is -0.00000108. The molecule has 1 heteroatoms. The monoisotopic (exact) mass is 443 g/mol. The van der Waals surface area contributed by atoms with E-state index in [9.17, 15) is 0 Å². The lowest BCUT2D eigenvalue weighted by atomic mass is 9.75. The quantitative estimate of drug-likeness (QED) is 0.377. The van der Waals surface area contributed by atoms with Crippen LogP contribution in [0.5, 0.6) is 0 Å². The van der Waals surface area contributed by atoms with E-state index in [0.717, 1.165) is 24.0 Å². The van der Waals surface area contributed by atoms with Crippen LogP contribution in [0, 0.1) is 11.8 Å². The topological polar surface area (TPSA) is 26.0 Å². The first-order valence-corrected chi connectivity index (χ1v) is 13.1. The van der Waals surface area contributed by atoms with E-state index in [-0.39, 0.29) is 0 Å². The average molecular weight is 444 g/mol. The first-order chi connectivity index (χ1) is 15.3. The van der Waals surface area contributed by atoms with Crippen molar-refractivity contribution in [1.82, 2.24) is 0 Å². The van der Waals surface area contributed by atoms with Crippen LogP contribution in [0.15, 0.2) is 54.1 Å². The van der Waals surface area contributed by atoms with Crippen molar-refractivity contribution >= 4 is 5.57 Å². The van der Waals surface area contributed by atoms with E-state index in [1.165, 1.54) is 41.5 Å². The molecule has 0 radical (unpaired) electrons. The Morgan fingerprint density at radius 2 is 1.44 bits per heavy atom. The van der Waals surface area contributed by atoms with Gasteiger partial charge in [-0.15, -0.1) is 0 Å². The Bertz CT molecular complexity index is 616. The second-order valence-electron chi connectivity index (χ2n) is 8.08. The number of benzene rings is 1. The van der Waals surface area contributed by atoms with Gasteiger partial charge in [0.1, 0.15) is 0 Å². The third-order valence-electron chi connectivity index (χ3n) is 5.50. The van der Waals surface area contributed by atoms with Crippen molar-refractivity contribution < 1.29 is 0 Å². The minimum Gasteiger partial charge on any atom is -0.331 e.